The van der Waals surface area contributed by atoms with Gasteiger partial charge in [-0.25, -0.2) is 8.42 Å². The monoisotopic (exact) mass is 551 g/mol. The minimum atomic E-state index is -4.39. The van der Waals surface area contributed by atoms with Crippen molar-refractivity contribution in [1.82, 2.24) is 14.5 Å². The third-order valence-corrected chi connectivity index (χ3v) is 8.59. The summed E-state index contributed by atoms with van der Waals surface area (Å²) >= 11 is 6.23. The van der Waals surface area contributed by atoms with Crippen LogP contribution in [0.15, 0.2) is 81.4 Å². The average molecular weight is 552 g/mol. The van der Waals surface area contributed by atoms with Crippen LogP contribution >= 0.6 is 11.6 Å². The first-order valence-electron chi connectivity index (χ1n) is 12.6. The first-order chi connectivity index (χ1) is 18.2. The zero-order valence-electron chi connectivity index (χ0n) is 21.6. The Morgan fingerprint density at radius 2 is 1.79 bits per heavy atom. The molecule has 0 radical (unpaired) electrons. The molecule has 2 aromatic heterocycles. The van der Waals surface area contributed by atoms with Crippen molar-refractivity contribution in [1.29, 1.82) is 0 Å². The first-order valence-corrected chi connectivity index (χ1v) is 14.4. The molecule has 0 saturated heterocycles. The lowest BCUT2D eigenvalue weighted by Gasteiger charge is -2.23. The minimum Gasteiger partial charge on any atom is -0.492 e. The van der Waals surface area contributed by atoms with E-state index in [0.717, 1.165) is 35.2 Å². The molecule has 1 atom stereocenters. The second-order valence-electron chi connectivity index (χ2n) is 9.10. The number of rotatable bonds is 9. The van der Waals surface area contributed by atoms with Gasteiger partial charge in [-0.1, -0.05) is 62.2 Å². The van der Waals surface area contributed by atoms with E-state index in [1.165, 1.54) is 16.7 Å². The standard InChI is InChI=1S/C29H30ClN3O4S/c1-4-6-12-26-32-28(34)27(29(35)33(26)25(5-2)21-9-7-10-22(30)18-21)38(36,37)23-15-13-20(14-16-23)24-11-8-17-31-19(24)3/h7-11,13-18,25,34H,4-6,12H2,1-3H3. The highest BCUT2D eigenvalue weighted by molar-refractivity contribution is 7.91. The summed E-state index contributed by atoms with van der Waals surface area (Å²) in [5.74, 6) is -0.451. The minimum absolute atomic E-state index is 0.111. The molecule has 7 nitrogen and oxygen atoms in total. The van der Waals surface area contributed by atoms with E-state index < -0.39 is 32.2 Å². The SMILES string of the molecule is CCCCc1nc(O)c(S(=O)(=O)c2ccc(-c3cccnc3C)cc2)c(=O)n1C(CC)c1cccc(Cl)c1. The quantitative estimate of drug-likeness (QED) is 0.268. The van der Waals surface area contributed by atoms with Crippen LogP contribution in [0.2, 0.25) is 5.02 Å². The zero-order valence-corrected chi connectivity index (χ0v) is 23.1. The number of unbranched alkanes of at least 4 members (excludes halogenated alkanes) is 1. The fraction of sp³-hybridized carbons (Fsp3) is 0.276. The van der Waals surface area contributed by atoms with Crippen LogP contribution in [-0.4, -0.2) is 28.1 Å². The van der Waals surface area contributed by atoms with Crippen molar-refractivity contribution < 1.29 is 13.5 Å². The maximum absolute atomic E-state index is 13.9. The van der Waals surface area contributed by atoms with Crippen LogP contribution in [-0.2, 0) is 16.3 Å². The number of nitrogens with zero attached hydrogens (tertiary/aromatic N) is 3. The average Bonchev–Trinajstić information content (AvgIpc) is 2.89. The van der Waals surface area contributed by atoms with Crippen molar-refractivity contribution in [2.75, 3.05) is 0 Å². The largest absolute Gasteiger partial charge is 0.492 e. The molecule has 2 heterocycles. The molecule has 0 amide bonds. The molecule has 9 heteroatoms. The van der Waals surface area contributed by atoms with Gasteiger partial charge in [-0.15, -0.1) is 0 Å². The van der Waals surface area contributed by atoms with Crippen molar-refractivity contribution in [3.8, 4) is 17.0 Å². The molecule has 4 rings (SSSR count). The van der Waals surface area contributed by atoms with E-state index in [4.69, 9.17) is 11.6 Å². The molecule has 1 N–H and O–H groups in total. The first kappa shape index (κ1) is 27.5. The fourth-order valence-electron chi connectivity index (χ4n) is 4.62. The Morgan fingerprint density at radius 3 is 2.42 bits per heavy atom. The van der Waals surface area contributed by atoms with E-state index in [2.05, 4.69) is 9.97 Å². The van der Waals surface area contributed by atoms with Crippen LogP contribution in [0.5, 0.6) is 5.88 Å². The molecule has 0 aliphatic carbocycles. The van der Waals surface area contributed by atoms with Crippen LogP contribution in [0.25, 0.3) is 11.1 Å². The molecule has 0 bridgehead atoms. The van der Waals surface area contributed by atoms with Gasteiger partial charge >= 0.3 is 0 Å². The highest BCUT2D eigenvalue weighted by Gasteiger charge is 2.31. The van der Waals surface area contributed by atoms with E-state index in [9.17, 15) is 18.3 Å². The maximum Gasteiger partial charge on any atom is 0.277 e. The van der Waals surface area contributed by atoms with E-state index in [1.54, 1.807) is 36.5 Å². The number of aromatic hydroxyl groups is 1. The van der Waals surface area contributed by atoms with Gasteiger partial charge in [0.25, 0.3) is 5.56 Å². The molecule has 4 aromatic rings. The molecule has 2 aromatic carbocycles. The smallest absolute Gasteiger partial charge is 0.277 e. The molecule has 0 aliphatic rings. The van der Waals surface area contributed by atoms with Crippen molar-refractivity contribution in [2.45, 2.75) is 62.3 Å². The van der Waals surface area contributed by atoms with Crippen LogP contribution in [0, 0.1) is 6.92 Å². The Kier molecular flexibility index (Phi) is 8.33. The normalized spacial score (nSPS) is 12.4. The zero-order chi connectivity index (χ0) is 27.4. The molecular weight excluding hydrogens is 522 g/mol. The second kappa shape index (κ2) is 11.5. The molecule has 0 fully saturated rings. The van der Waals surface area contributed by atoms with E-state index >= 15 is 0 Å². The van der Waals surface area contributed by atoms with Gasteiger partial charge in [0.2, 0.25) is 15.7 Å². The Labute approximate surface area is 227 Å². The van der Waals surface area contributed by atoms with Gasteiger partial charge in [0.05, 0.1) is 10.9 Å². The Balaban J connectivity index is 1.87. The van der Waals surface area contributed by atoms with Gasteiger partial charge in [0.1, 0.15) is 5.82 Å². The van der Waals surface area contributed by atoms with Gasteiger partial charge in [-0.3, -0.25) is 14.3 Å². The van der Waals surface area contributed by atoms with E-state index in [0.29, 0.717) is 23.7 Å². The predicted octanol–water partition coefficient (Wildman–Crippen LogP) is 6.15. The number of hydrogen-bond acceptors (Lipinski definition) is 6. The number of aryl methyl sites for hydroxylation is 2. The van der Waals surface area contributed by atoms with Crippen LogP contribution < -0.4 is 5.56 Å². The summed E-state index contributed by atoms with van der Waals surface area (Å²) in [5, 5.41) is 11.3. The third kappa shape index (κ3) is 5.37. The lowest BCUT2D eigenvalue weighted by Crippen LogP contribution is -2.33. The molecule has 0 aliphatic heterocycles. The van der Waals surface area contributed by atoms with Crippen LogP contribution in [0.3, 0.4) is 0 Å². The van der Waals surface area contributed by atoms with Gasteiger partial charge < -0.3 is 5.11 Å². The summed E-state index contributed by atoms with van der Waals surface area (Å²) in [6, 6.07) is 16.5. The number of pyridine rings is 1. The Hall–Kier alpha value is -3.49. The summed E-state index contributed by atoms with van der Waals surface area (Å²) in [6.45, 7) is 5.78. The Bertz CT molecular complexity index is 1620. The number of sulfone groups is 1. The van der Waals surface area contributed by atoms with Crippen LogP contribution in [0.1, 0.15) is 56.2 Å². The summed E-state index contributed by atoms with van der Waals surface area (Å²) in [7, 11) is -4.39. The topological polar surface area (TPSA) is 102 Å². The number of halogens is 1. The second-order valence-corrected chi connectivity index (χ2v) is 11.4. The predicted molar refractivity (Wildman–Crippen MR) is 149 cm³/mol. The lowest BCUT2D eigenvalue weighted by atomic mass is 10.0. The highest BCUT2D eigenvalue weighted by atomic mass is 35.5. The molecule has 38 heavy (non-hydrogen) atoms. The molecular formula is C29H30ClN3O4S. The molecule has 1 unspecified atom stereocenters. The van der Waals surface area contributed by atoms with Gasteiger partial charge in [-0.2, -0.15) is 4.98 Å². The van der Waals surface area contributed by atoms with E-state index in [1.807, 2.05) is 39.0 Å². The summed E-state index contributed by atoms with van der Waals surface area (Å²) in [6.07, 6.45) is 4.16. The number of benzene rings is 2. The van der Waals surface area contributed by atoms with Crippen molar-refractivity contribution >= 4 is 21.4 Å². The van der Waals surface area contributed by atoms with E-state index in [-0.39, 0.29) is 4.90 Å². The summed E-state index contributed by atoms with van der Waals surface area (Å²) in [5.41, 5.74) is 2.42. The van der Waals surface area contributed by atoms with Crippen LogP contribution in [0.4, 0.5) is 0 Å². The Morgan fingerprint density at radius 1 is 1.05 bits per heavy atom. The van der Waals surface area contributed by atoms with Gasteiger partial charge in [-0.05, 0) is 61.2 Å². The summed E-state index contributed by atoms with van der Waals surface area (Å²) in [4.78, 5) is 21.6. The highest BCUT2D eigenvalue weighted by Crippen LogP contribution is 2.31. The number of hydrogen-bond donors (Lipinski definition) is 1. The van der Waals surface area contributed by atoms with Crippen molar-refractivity contribution in [2.24, 2.45) is 0 Å². The molecule has 0 spiro atoms. The van der Waals surface area contributed by atoms with Gasteiger partial charge in [0, 0.05) is 28.9 Å². The maximum atomic E-state index is 13.9. The van der Waals surface area contributed by atoms with Gasteiger partial charge in [0.15, 0.2) is 4.90 Å². The molecule has 0 saturated carbocycles. The molecule has 198 valence electrons. The third-order valence-electron chi connectivity index (χ3n) is 6.57. The lowest BCUT2D eigenvalue weighted by molar-refractivity contribution is 0.406. The summed E-state index contributed by atoms with van der Waals surface area (Å²) < 4.78 is 28.8. The van der Waals surface area contributed by atoms with Crippen molar-refractivity contribution in [3.63, 3.8) is 0 Å². The number of aromatic nitrogens is 3. The fourth-order valence-corrected chi connectivity index (χ4v) is 6.16. The van der Waals surface area contributed by atoms with Crippen molar-refractivity contribution in [3.05, 3.63) is 99.3 Å².